The second-order valence-corrected chi connectivity index (χ2v) is 8.29. The van der Waals surface area contributed by atoms with Crippen molar-refractivity contribution in [3.63, 3.8) is 0 Å². The number of thiophene rings is 1. The Bertz CT molecular complexity index is 834. The molecule has 0 spiro atoms. The van der Waals surface area contributed by atoms with Crippen LogP contribution in [0.15, 0.2) is 46.8 Å². The quantitative estimate of drug-likeness (QED) is 0.410. The van der Waals surface area contributed by atoms with Crippen molar-refractivity contribution in [3.05, 3.63) is 57.8 Å². The van der Waals surface area contributed by atoms with E-state index in [-0.39, 0.29) is 11.9 Å². The average molecular weight is 444 g/mol. The number of carbonyl (C=O) groups excluding carboxylic acids is 1. The van der Waals surface area contributed by atoms with E-state index in [1.165, 1.54) is 4.88 Å². The number of guanidine groups is 1. The summed E-state index contributed by atoms with van der Waals surface area (Å²) in [6.45, 7) is 10.1. The molecule has 1 unspecified atom stereocenters. The zero-order valence-corrected chi connectivity index (χ0v) is 19.2. The molecule has 1 amide bonds. The van der Waals surface area contributed by atoms with Gasteiger partial charge in [-0.3, -0.25) is 9.69 Å². The molecule has 1 aromatic carbocycles. The molecule has 0 saturated carbocycles. The van der Waals surface area contributed by atoms with Crippen LogP contribution in [0.3, 0.4) is 0 Å². The third kappa shape index (κ3) is 7.05. The van der Waals surface area contributed by atoms with Crippen LogP contribution in [0.5, 0.6) is 0 Å². The van der Waals surface area contributed by atoms with Crippen LogP contribution in [0.4, 0.5) is 0 Å². The van der Waals surface area contributed by atoms with Crippen LogP contribution in [-0.4, -0.2) is 62.7 Å². The van der Waals surface area contributed by atoms with E-state index < -0.39 is 0 Å². The lowest BCUT2D eigenvalue weighted by Gasteiger charge is -2.34. The highest BCUT2D eigenvalue weighted by molar-refractivity contribution is 7.10. The molecule has 1 aromatic heterocycles. The highest BCUT2D eigenvalue weighted by Crippen LogP contribution is 2.25. The molecule has 3 rings (SSSR count). The first kappa shape index (κ1) is 23.2. The maximum Gasteiger partial charge on any atom is 0.251 e. The van der Waals surface area contributed by atoms with Gasteiger partial charge in [-0.25, -0.2) is 4.99 Å². The molecule has 31 heavy (non-hydrogen) atoms. The Hall–Kier alpha value is -2.42. The van der Waals surface area contributed by atoms with Gasteiger partial charge in [0.1, 0.15) is 0 Å². The molecule has 7 nitrogen and oxygen atoms in total. The van der Waals surface area contributed by atoms with Gasteiger partial charge in [0, 0.05) is 43.2 Å². The summed E-state index contributed by atoms with van der Waals surface area (Å²) in [6.07, 6.45) is 0. The Labute approximate surface area is 188 Å². The van der Waals surface area contributed by atoms with Crippen molar-refractivity contribution in [1.29, 1.82) is 0 Å². The summed E-state index contributed by atoms with van der Waals surface area (Å²) < 4.78 is 5.54. The van der Waals surface area contributed by atoms with Crippen molar-refractivity contribution < 1.29 is 9.53 Å². The molecule has 168 valence electrons. The van der Waals surface area contributed by atoms with Crippen LogP contribution in [0.25, 0.3) is 0 Å². The molecule has 1 fully saturated rings. The predicted octanol–water partition coefficient (Wildman–Crippen LogP) is 2.63. The summed E-state index contributed by atoms with van der Waals surface area (Å²) in [6, 6.07) is 12.2. The summed E-state index contributed by atoms with van der Waals surface area (Å²) in [4.78, 5) is 20.7. The lowest BCUT2D eigenvalue weighted by molar-refractivity contribution is 0.0177. The molecular formula is C23H33N5O2S. The Balaban J connectivity index is 1.66. The van der Waals surface area contributed by atoms with Crippen molar-refractivity contribution in [2.45, 2.75) is 26.4 Å². The molecule has 0 bridgehead atoms. The Kier molecular flexibility index (Phi) is 9.33. The standard InChI is InChI=1S/C23H33N5O2S/c1-3-24-22(29)19-8-5-7-18(15-19)16-26-23(25-4-2)27-17-20(21-9-6-14-31-21)28-10-12-30-13-11-28/h5-9,14-15,20H,3-4,10-13,16-17H2,1-2H3,(H,24,29)(H2,25,26,27). The van der Waals surface area contributed by atoms with Gasteiger partial charge in [-0.05, 0) is 43.0 Å². The second-order valence-electron chi connectivity index (χ2n) is 7.32. The van der Waals surface area contributed by atoms with Crippen LogP contribution in [0.2, 0.25) is 0 Å². The van der Waals surface area contributed by atoms with Gasteiger partial charge >= 0.3 is 0 Å². The van der Waals surface area contributed by atoms with E-state index in [4.69, 9.17) is 9.73 Å². The molecule has 2 aromatic rings. The Morgan fingerprint density at radius 2 is 1.94 bits per heavy atom. The minimum absolute atomic E-state index is 0.0531. The maximum atomic E-state index is 12.1. The number of amides is 1. The number of benzene rings is 1. The van der Waals surface area contributed by atoms with E-state index in [0.717, 1.165) is 50.9 Å². The summed E-state index contributed by atoms with van der Waals surface area (Å²) in [7, 11) is 0. The minimum Gasteiger partial charge on any atom is -0.379 e. The smallest absolute Gasteiger partial charge is 0.251 e. The van der Waals surface area contributed by atoms with Gasteiger partial charge in [0.2, 0.25) is 0 Å². The average Bonchev–Trinajstić information content (AvgIpc) is 3.33. The SMILES string of the molecule is CCNC(=O)c1cccc(CN=C(NCC)NCC(c2cccs2)N2CCOCC2)c1. The summed E-state index contributed by atoms with van der Waals surface area (Å²) in [5.41, 5.74) is 1.67. The van der Waals surface area contributed by atoms with Gasteiger partial charge in [0.05, 0.1) is 25.8 Å². The number of hydrogen-bond acceptors (Lipinski definition) is 5. The first-order valence-corrected chi connectivity index (χ1v) is 11.8. The van der Waals surface area contributed by atoms with Crippen molar-refractivity contribution in [2.75, 3.05) is 45.9 Å². The van der Waals surface area contributed by atoms with Crippen molar-refractivity contribution in [1.82, 2.24) is 20.9 Å². The highest BCUT2D eigenvalue weighted by Gasteiger charge is 2.23. The molecule has 1 atom stereocenters. The maximum absolute atomic E-state index is 12.1. The van der Waals surface area contributed by atoms with E-state index in [0.29, 0.717) is 18.7 Å². The lowest BCUT2D eigenvalue weighted by atomic mass is 10.1. The molecule has 3 N–H and O–H groups in total. The number of ether oxygens (including phenoxy) is 1. The zero-order chi connectivity index (χ0) is 21.9. The number of nitrogens with one attached hydrogen (secondary N) is 3. The lowest BCUT2D eigenvalue weighted by Crippen LogP contribution is -2.46. The molecule has 0 aliphatic carbocycles. The van der Waals surface area contributed by atoms with E-state index >= 15 is 0 Å². The molecule has 1 aliphatic rings. The normalized spacial score (nSPS) is 16.0. The summed E-state index contributed by atoms with van der Waals surface area (Å²) >= 11 is 1.79. The van der Waals surface area contributed by atoms with Crippen LogP contribution in [-0.2, 0) is 11.3 Å². The molecule has 1 saturated heterocycles. The molecular weight excluding hydrogens is 410 g/mol. The topological polar surface area (TPSA) is 78.0 Å². The second kappa shape index (κ2) is 12.4. The Morgan fingerprint density at radius 1 is 1.13 bits per heavy atom. The number of aliphatic imine (C=N–C) groups is 1. The number of carbonyl (C=O) groups is 1. The fraction of sp³-hybridized carbons (Fsp3) is 0.478. The van der Waals surface area contributed by atoms with Crippen LogP contribution in [0.1, 0.15) is 40.7 Å². The molecule has 2 heterocycles. The Morgan fingerprint density at radius 3 is 2.65 bits per heavy atom. The van der Waals surface area contributed by atoms with Crippen LogP contribution < -0.4 is 16.0 Å². The van der Waals surface area contributed by atoms with E-state index in [9.17, 15) is 4.79 Å². The van der Waals surface area contributed by atoms with Gasteiger partial charge in [0.25, 0.3) is 5.91 Å². The molecule has 0 radical (unpaired) electrons. The third-order valence-corrected chi connectivity index (χ3v) is 6.08. The van der Waals surface area contributed by atoms with Gasteiger partial charge in [-0.1, -0.05) is 18.2 Å². The van der Waals surface area contributed by atoms with Crippen LogP contribution >= 0.6 is 11.3 Å². The molecule has 8 heteroatoms. The fourth-order valence-corrected chi connectivity index (χ4v) is 4.42. The zero-order valence-electron chi connectivity index (χ0n) is 18.4. The van der Waals surface area contributed by atoms with Gasteiger partial charge in [-0.2, -0.15) is 0 Å². The molecule has 1 aliphatic heterocycles. The predicted molar refractivity (Wildman–Crippen MR) is 127 cm³/mol. The van der Waals surface area contributed by atoms with Gasteiger partial charge < -0.3 is 20.7 Å². The van der Waals surface area contributed by atoms with Gasteiger partial charge in [-0.15, -0.1) is 11.3 Å². The fourth-order valence-electron chi connectivity index (χ4n) is 3.56. The number of hydrogen-bond donors (Lipinski definition) is 3. The number of morpholine rings is 1. The van der Waals surface area contributed by atoms with Crippen molar-refractivity contribution in [2.24, 2.45) is 4.99 Å². The van der Waals surface area contributed by atoms with Crippen molar-refractivity contribution >= 4 is 23.2 Å². The summed E-state index contributed by atoms with van der Waals surface area (Å²) in [5, 5.41) is 11.8. The first-order chi connectivity index (χ1) is 15.2. The number of rotatable bonds is 9. The van der Waals surface area contributed by atoms with E-state index in [2.05, 4.69) is 45.3 Å². The minimum atomic E-state index is -0.0531. The van der Waals surface area contributed by atoms with Crippen LogP contribution in [0, 0.1) is 0 Å². The van der Waals surface area contributed by atoms with E-state index in [1.807, 2.05) is 31.2 Å². The monoisotopic (exact) mass is 443 g/mol. The highest BCUT2D eigenvalue weighted by atomic mass is 32.1. The van der Waals surface area contributed by atoms with Crippen molar-refractivity contribution in [3.8, 4) is 0 Å². The largest absolute Gasteiger partial charge is 0.379 e. The third-order valence-electron chi connectivity index (χ3n) is 5.11. The number of nitrogens with zero attached hydrogens (tertiary/aromatic N) is 2. The van der Waals surface area contributed by atoms with Gasteiger partial charge in [0.15, 0.2) is 5.96 Å². The first-order valence-electron chi connectivity index (χ1n) is 11.0. The van der Waals surface area contributed by atoms with E-state index in [1.54, 1.807) is 11.3 Å². The summed E-state index contributed by atoms with van der Waals surface area (Å²) in [5.74, 6) is 0.725.